The van der Waals surface area contributed by atoms with Gasteiger partial charge >= 0.3 is 0 Å². The molecule has 1 atom stereocenters. The van der Waals surface area contributed by atoms with Crippen LogP contribution in [0.2, 0.25) is 0 Å². The van der Waals surface area contributed by atoms with Crippen molar-refractivity contribution in [2.45, 2.75) is 76.9 Å². The van der Waals surface area contributed by atoms with E-state index in [0.717, 1.165) is 31.6 Å². The van der Waals surface area contributed by atoms with Crippen LogP contribution < -0.4 is 0 Å². The van der Waals surface area contributed by atoms with Gasteiger partial charge in [0, 0.05) is 7.11 Å². The number of methoxy groups -OCH3 is 1. The molecule has 1 saturated carbocycles. The predicted molar refractivity (Wildman–Crippen MR) is 67.5 cm³/mol. The Morgan fingerprint density at radius 2 is 1.94 bits per heavy atom. The fourth-order valence-electron chi connectivity index (χ4n) is 2.77. The molecule has 1 unspecified atom stereocenters. The first-order valence-corrected chi connectivity index (χ1v) is 6.88. The minimum Gasteiger partial charge on any atom is -0.390 e. The fraction of sp³-hybridized carbons (Fsp3) is 1.00. The maximum atomic E-state index is 10.3. The molecule has 0 aromatic heterocycles. The molecule has 0 aromatic rings. The molecular formula is C14H28O2. The minimum absolute atomic E-state index is 0.236. The van der Waals surface area contributed by atoms with Crippen molar-refractivity contribution < 1.29 is 9.84 Å². The molecule has 0 heterocycles. The second kappa shape index (κ2) is 6.61. The van der Waals surface area contributed by atoms with Crippen molar-refractivity contribution in [3.63, 3.8) is 0 Å². The standard InChI is InChI=1S/C14H28O2/c1-4-5-6-7-13(15)14(16-3)10-8-12(2)9-11-14/h12-13,15H,4-11H2,1-3H3. The van der Waals surface area contributed by atoms with E-state index in [1.807, 2.05) is 0 Å². The van der Waals surface area contributed by atoms with Gasteiger partial charge in [0.05, 0.1) is 11.7 Å². The summed E-state index contributed by atoms with van der Waals surface area (Å²) in [6.07, 6.45) is 8.62. The lowest BCUT2D eigenvalue weighted by Crippen LogP contribution is -2.46. The number of hydrogen-bond donors (Lipinski definition) is 1. The Balaban J connectivity index is 2.44. The summed E-state index contributed by atoms with van der Waals surface area (Å²) in [6.45, 7) is 4.49. The van der Waals surface area contributed by atoms with Gasteiger partial charge in [-0.1, -0.05) is 33.1 Å². The molecule has 1 aliphatic rings. The van der Waals surface area contributed by atoms with Crippen LogP contribution in [0, 0.1) is 5.92 Å². The summed E-state index contributed by atoms with van der Waals surface area (Å²) in [5, 5.41) is 10.3. The third-order valence-corrected chi connectivity index (χ3v) is 4.22. The Labute approximate surface area is 100 Å². The Hall–Kier alpha value is -0.0800. The van der Waals surface area contributed by atoms with E-state index < -0.39 is 0 Å². The van der Waals surface area contributed by atoms with Gasteiger partial charge in [0.25, 0.3) is 0 Å². The van der Waals surface area contributed by atoms with E-state index >= 15 is 0 Å². The van der Waals surface area contributed by atoms with Crippen molar-refractivity contribution >= 4 is 0 Å². The van der Waals surface area contributed by atoms with Crippen molar-refractivity contribution in [3.8, 4) is 0 Å². The van der Waals surface area contributed by atoms with Crippen LogP contribution in [0.5, 0.6) is 0 Å². The molecule has 0 amide bonds. The van der Waals surface area contributed by atoms with Gasteiger partial charge < -0.3 is 9.84 Å². The van der Waals surface area contributed by atoms with Crippen molar-refractivity contribution in [3.05, 3.63) is 0 Å². The zero-order valence-electron chi connectivity index (χ0n) is 11.2. The Bertz CT molecular complexity index is 183. The van der Waals surface area contributed by atoms with Crippen LogP contribution >= 0.6 is 0 Å². The third-order valence-electron chi connectivity index (χ3n) is 4.22. The van der Waals surface area contributed by atoms with Crippen molar-refractivity contribution in [1.82, 2.24) is 0 Å². The van der Waals surface area contributed by atoms with Crippen molar-refractivity contribution in [1.29, 1.82) is 0 Å². The van der Waals surface area contributed by atoms with E-state index in [0.29, 0.717) is 0 Å². The van der Waals surface area contributed by atoms with E-state index in [9.17, 15) is 5.11 Å². The quantitative estimate of drug-likeness (QED) is 0.705. The van der Waals surface area contributed by atoms with Gasteiger partial charge in [0.2, 0.25) is 0 Å². The number of aliphatic hydroxyl groups is 1. The molecule has 0 radical (unpaired) electrons. The molecular weight excluding hydrogens is 200 g/mol. The number of aliphatic hydroxyl groups excluding tert-OH is 1. The second-order valence-electron chi connectivity index (χ2n) is 5.46. The highest BCUT2D eigenvalue weighted by Gasteiger charge is 2.40. The SMILES string of the molecule is CCCCCC(O)C1(OC)CCC(C)CC1. The van der Waals surface area contributed by atoms with Crippen LogP contribution in [0.25, 0.3) is 0 Å². The average molecular weight is 228 g/mol. The smallest absolute Gasteiger partial charge is 0.0936 e. The summed E-state index contributed by atoms with van der Waals surface area (Å²) in [4.78, 5) is 0. The molecule has 1 rings (SSSR count). The maximum Gasteiger partial charge on any atom is 0.0936 e. The van der Waals surface area contributed by atoms with Crippen LogP contribution in [0.15, 0.2) is 0 Å². The Morgan fingerprint density at radius 3 is 2.44 bits per heavy atom. The molecule has 0 aromatic carbocycles. The third kappa shape index (κ3) is 3.46. The fourth-order valence-corrected chi connectivity index (χ4v) is 2.77. The summed E-state index contributed by atoms with van der Waals surface area (Å²) in [5.41, 5.74) is -0.236. The molecule has 2 heteroatoms. The van der Waals surface area contributed by atoms with Crippen LogP contribution in [0.3, 0.4) is 0 Å². The van der Waals surface area contributed by atoms with E-state index in [1.54, 1.807) is 7.11 Å². The van der Waals surface area contributed by atoms with Gasteiger partial charge in [0.1, 0.15) is 0 Å². The summed E-state index contributed by atoms with van der Waals surface area (Å²) < 4.78 is 5.67. The molecule has 1 aliphatic carbocycles. The highest BCUT2D eigenvalue weighted by atomic mass is 16.5. The van der Waals surface area contributed by atoms with Gasteiger partial charge in [-0.15, -0.1) is 0 Å². The topological polar surface area (TPSA) is 29.5 Å². The van der Waals surface area contributed by atoms with Crippen LogP contribution in [0.1, 0.15) is 65.2 Å². The normalized spacial score (nSPS) is 32.6. The lowest BCUT2D eigenvalue weighted by atomic mass is 9.75. The second-order valence-corrected chi connectivity index (χ2v) is 5.46. The Kier molecular flexibility index (Phi) is 5.77. The van der Waals surface area contributed by atoms with Gasteiger partial charge in [-0.3, -0.25) is 0 Å². The van der Waals surface area contributed by atoms with Gasteiger partial charge in [-0.05, 0) is 38.0 Å². The maximum absolute atomic E-state index is 10.3. The van der Waals surface area contributed by atoms with E-state index in [-0.39, 0.29) is 11.7 Å². The van der Waals surface area contributed by atoms with Crippen molar-refractivity contribution in [2.75, 3.05) is 7.11 Å². The van der Waals surface area contributed by atoms with Crippen molar-refractivity contribution in [2.24, 2.45) is 5.92 Å². The minimum atomic E-state index is -0.267. The summed E-state index contributed by atoms with van der Waals surface area (Å²) >= 11 is 0. The number of rotatable bonds is 6. The first-order chi connectivity index (χ1) is 7.64. The van der Waals surface area contributed by atoms with Crippen LogP contribution in [-0.2, 0) is 4.74 Å². The lowest BCUT2D eigenvalue weighted by Gasteiger charge is -2.41. The molecule has 0 saturated heterocycles. The highest BCUT2D eigenvalue weighted by molar-refractivity contribution is 4.92. The monoisotopic (exact) mass is 228 g/mol. The van der Waals surface area contributed by atoms with Gasteiger partial charge in [0.15, 0.2) is 0 Å². The number of hydrogen-bond acceptors (Lipinski definition) is 2. The first-order valence-electron chi connectivity index (χ1n) is 6.88. The van der Waals surface area contributed by atoms with E-state index in [4.69, 9.17) is 4.74 Å². The largest absolute Gasteiger partial charge is 0.390 e. The van der Waals surface area contributed by atoms with E-state index in [1.165, 1.54) is 25.7 Å². The lowest BCUT2D eigenvalue weighted by molar-refractivity contribution is -0.130. The zero-order chi connectivity index (χ0) is 12.0. The van der Waals surface area contributed by atoms with E-state index in [2.05, 4.69) is 13.8 Å². The highest BCUT2D eigenvalue weighted by Crippen LogP contribution is 2.38. The molecule has 1 N–H and O–H groups in total. The van der Waals surface area contributed by atoms with Crippen LogP contribution in [-0.4, -0.2) is 23.9 Å². The summed E-state index contributed by atoms with van der Waals surface area (Å²) in [5.74, 6) is 0.797. The molecule has 0 aliphatic heterocycles. The molecule has 1 fully saturated rings. The van der Waals surface area contributed by atoms with Gasteiger partial charge in [-0.2, -0.15) is 0 Å². The number of unbranched alkanes of at least 4 members (excludes halogenated alkanes) is 2. The van der Waals surface area contributed by atoms with Gasteiger partial charge in [-0.25, -0.2) is 0 Å². The summed E-state index contributed by atoms with van der Waals surface area (Å²) in [6, 6.07) is 0. The molecule has 0 bridgehead atoms. The molecule has 0 spiro atoms. The Morgan fingerprint density at radius 1 is 1.31 bits per heavy atom. The van der Waals surface area contributed by atoms with Crippen LogP contribution in [0.4, 0.5) is 0 Å². The molecule has 96 valence electrons. The average Bonchev–Trinajstić information content (AvgIpc) is 2.31. The first kappa shape index (κ1) is 14.0. The number of ether oxygens (including phenoxy) is 1. The predicted octanol–water partition coefficient (Wildman–Crippen LogP) is 3.52. The molecule has 16 heavy (non-hydrogen) atoms. The zero-order valence-corrected chi connectivity index (χ0v) is 11.2. The molecule has 2 nitrogen and oxygen atoms in total. The summed E-state index contributed by atoms with van der Waals surface area (Å²) in [7, 11) is 1.76.